The fourth-order valence-corrected chi connectivity index (χ4v) is 1.35. The van der Waals surface area contributed by atoms with Gasteiger partial charge in [0.25, 0.3) is 0 Å². The van der Waals surface area contributed by atoms with Crippen LogP contribution in [0.2, 0.25) is 0 Å². The molecule has 0 saturated carbocycles. The maximum Gasteiger partial charge on any atom is 0.149 e. The van der Waals surface area contributed by atoms with Gasteiger partial charge in [-0.3, -0.25) is 0 Å². The minimum absolute atomic E-state index is 0.145. The van der Waals surface area contributed by atoms with Crippen LogP contribution in [0.4, 0.5) is 0 Å². The number of hydrogen-bond acceptors (Lipinski definition) is 2. The van der Waals surface area contributed by atoms with E-state index in [1.54, 1.807) is 6.92 Å². The molecule has 1 atom stereocenters. The third-order valence-electron chi connectivity index (χ3n) is 1.99. The van der Waals surface area contributed by atoms with Crippen LogP contribution < -0.4 is 10.5 Å². The standard InChI is InChI=1S/C13H17NO/c1-3-4-9-15-13-8-6-5-7-12(13)10-11(2)14/h5-8,11H,9-10,14H2,1-2H3. The minimum Gasteiger partial charge on any atom is -0.481 e. The topological polar surface area (TPSA) is 35.2 Å². The smallest absolute Gasteiger partial charge is 0.149 e. The van der Waals surface area contributed by atoms with E-state index in [0.29, 0.717) is 6.61 Å². The van der Waals surface area contributed by atoms with E-state index in [4.69, 9.17) is 10.5 Å². The second-order valence-corrected chi connectivity index (χ2v) is 3.50. The van der Waals surface area contributed by atoms with E-state index in [1.165, 1.54) is 0 Å². The van der Waals surface area contributed by atoms with E-state index < -0.39 is 0 Å². The summed E-state index contributed by atoms with van der Waals surface area (Å²) in [5, 5.41) is 0. The lowest BCUT2D eigenvalue weighted by Gasteiger charge is -2.11. The molecule has 2 heteroatoms. The van der Waals surface area contributed by atoms with Crippen molar-refractivity contribution in [3.8, 4) is 17.6 Å². The van der Waals surface area contributed by atoms with Crippen LogP contribution in [-0.4, -0.2) is 12.6 Å². The van der Waals surface area contributed by atoms with Gasteiger partial charge in [-0.1, -0.05) is 24.1 Å². The number of ether oxygens (including phenoxy) is 1. The molecule has 15 heavy (non-hydrogen) atoms. The minimum atomic E-state index is 0.145. The molecule has 2 nitrogen and oxygen atoms in total. The lowest BCUT2D eigenvalue weighted by molar-refractivity contribution is 0.365. The molecule has 0 aliphatic carbocycles. The second-order valence-electron chi connectivity index (χ2n) is 3.50. The van der Waals surface area contributed by atoms with Crippen molar-refractivity contribution in [3.63, 3.8) is 0 Å². The van der Waals surface area contributed by atoms with Crippen molar-refractivity contribution in [2.75, 3.05) is 6.61 Å². The first-order valence-electron chi connectivity index (χ1n) is 5.10. The van der Waals surface area contributed by atoms with E-state index in [2.05, 4.69) is 11.8 Å². The average molecular weight is 203 g/mol. The molecule has 0 saturated heterocycles. The van der Waals surface area contributed by atoms with E-state index >= 15 is 0 Å². The lowest BCUT2D eigenvalue weighted by atomic mass is 10.1. The highest BCUT2D eigenvalue weighted by atomic mass is 16.5. The summed E-state index contributed by atoms with van der Waals surface area (Å²) in [4.78, 5) is 0. The van der Waals surface area contributed by atoms with Crippen LogP contribution in [0.3, 0.4) is 0 Å². The Bertz CT molecular complexity index is 360. The highest BCUT2D eigenvalue weighted by Crippen LogP contribution is 2.18. The first-order valence-corrected chi connectivity index (χ1v) is 5.10. The molecule has 0 aliphatic heterocycles. The number of nitrogens with two attached hydrogens (primary N) is 1. The normalized spacial score (nSPS) is 11.4. The molecule has 0 amide bonds. The van der Waals surface area contributed by atoms with Gasteiger partial charge in [0.2, 0.25) is 0 Å². The van der Waals surface area contributed by atoms with Crippen molar-refractivity contribution in [2.24, 2.45) is 5.73 Å². The molecule has 80 valence electrons. The summed E-state index contributed by atoms with van der Waals surface area (Å²) < 4.78 is 5.55. The van der Waals surface area contributed by atoms with Crippen LogP contribution in [0.5, 0.6) is 5.75 Å². The molecule has 1 aromatic rings. The average Bonchev–Trinajstić information content (AvgIpc) is 2.20. The van der Waals surface area contributed by atoms with Crippen LogP contribution in [0.1, 0.15) is 19.4 Å². The van der Waals surface area contributed by atoms with Crippen molar-refractivity contribution in [1.29, 1.82) is 0 Å². The Balaban J connectivity index is 2.70. The van der Waals surface area contributed by atoms with Gasteiger partial charge in [-0.2, -0.15) is 0 Å². The Morgan fingerprint density at radius 1 is 1.40 bits per heavy atom. The van der Waals surface area contributed by atoms with Gasteiger partial charge in [-0.15, -0.1) is 5.92 Å². The molecule has 0 spiro atoms. The Kier molecular flexibility index (Phi) is 4.73. The zero-order chi connectivity index (χ0) is 11.1. The van der Waals surface area contributed by atoms with E-state index in [9.17, 15) is 0 Å². The van der Waals surface area contributed by atoms with E-state index in [1.807, 2.05) is 31.2 Å². The number of benzene rings is 1. The molecule has 0 aromatic heterocycles. The molecule has 0 fully saturated rings. The summed E-state index contributed by atoms with van der Waals surface area (Å²) in [6, 6.07) is 8.09. The largest absolute Gasteiger partial charge is 0.481 e. The van der Waals surface area contributed by atoms with Crippen molar-refractivity contribution in [3.05, 3.63) is 29.8 Å². The fourth-order valence-electron chi connectivity index (χ4n) is 1.35. The zero-order valence-corrected chi connectivity index (χ0v) is 9.29. The molecule has 1 unspecified atom stereocenters. The van der Waals surface area contributed by atoms with Crippen LogP contribution in [0.25, 0.3) is 0 Å². The molecule has 0 bridgehead atoms. The number of hydrogen-bond donors (Lipinski definition) is 1. The summed E-state index contributed by atoms with van der Waals surface area (Å²) in [5.74, 6) is 6.56. The van der Waals surface area contributed by atoms with Crippen LogP contribution >= 0.6 is 0 Å². The van der Waals surface area contributed by atoms with Gasteiger partial charge in [0.05, 0.1) is 0 Å². The quantitative estimate of drug-likeness (QED) is 0.759. The predicted molar refractivity (Wildman–Crippen MR) is 62.7 cm³/mol. The summed E-state index contributed by atoms with van der Waals surface area (Å²) in [7, 11) is 0. The molecule has 0 aliphatic rings. The third kappa shape index (κ3) is 4.05. The number of para-hydroxylation sites is 1. The van der Waals surface area contributed by atoms with Crippen molar-refractivity contribution < 1.29 is 4.74 Å². The van der Waals surface area contributed by atoms with Gasteiger partial charge in [-0.05, 0) is 31.9 Å². The monoisotopic (exact) mass is 203 g/mol. The van der Waals surface area contributed by atoms with Crippen molar-refractivity contribution >= 4 is 0 Å². The van der Waals surface area contributed by atoms with Gasteiger partial charge in [0.1, 0.15) is 12.4 Å². The zero-order valence-electron chi connectivity index (χ0n) is 9.29. The highest BCUT2D eigenvalue weighted by molar-refractivity contribution is 5.34. The second kappa shape index (κ2) is 6.10. The Labute approximate surface area is 91.4 Å². The molecule has 1 rings (SSSR count). The van der Waals surface area contributed by atoms with Gasteiger partial charge in [-0.25, -0.2) is 0 Å². The Morgan fingerprint density at radius 2 is 2.13 bits per heavy atom. The highest BCUT2D eigenvalue weighted by Gasteiger charge is 2.04. The van der Waals surface area contributed by atoms with Gasteiger partial charge in [0.15, 0.2) is 0 Å². The molecule has 2 N–H and O–H groups in total. The Morgan fingerprint density at radius 3 is 2.80 bits per heavy atom. The molecule has 1 aromatic carbocycles. The SMILES string of the molecule is CC#CCOc1ccccc1CC(C)N. The van der Waals surface area contributed by atoms with E-state index in [0.717, 1.165) is 17.7 Å². The van der Waals surface area contributed by atoms with Crippen LogP contribution in [-0.2, 0) is 6.42 Å². The number of rotatable bonds is 4. The summed E-state index contributed by atoms with van der Waals surface area (Å²) in [5.41, 5.74) is 6.91. The summed E-state index contributed by atoms with van der Waals surface area (Å²) >= 11 is 0. The molecular weight excluding hydrogens is 186 g/mol. The van der Waals surface area contributed by atoms with Crippen molar-refractivity contribution in [2.45, 2.75) is 26.3 Å². The first-order chi connectivity index (χ1) is 7.24. The van der Waals surface area contributed by atoms with Gasteiger partial charge >= 0.3 is 0 Å². The summed E-state index contributed by atoms with van der Waals surface area (Å²) in [6.07, 6.45) is 0.829. The van der Waals surface area contributed by atoms with Crippen LogP contribution in [0, 0.1) is 11.8 Å². The third-order valence-corrected chi connectivity index (χ3v) is 1.99. The van der Waals surface area contributed by atoms with Crippen molar-refractivity contribution in [1.82, 2.24) is 0 Å². The Hall–Kier alpha value is -1.46. The first kappa shape index (κ1) is 11.6. The molecule has 0 heterocycles. The maximum atomic E-state index is 5.76. The van der Waals surface area contributed by atoms with E-state index in [-0.39, 0.29) is 6.04 Å². The van der Waals surface area contributed by atoms with Crippen LogP contribution in [0.15, 0.2) is 24.3 Å². The lowest BCUT2D eigenvalue weighted by Crippen LogP contribution is -2.18. The predicted octanol–water partition coefficient (Wildman–Crippen LogP) is 1.98. The summed E-state index contributed by atoms with van der Waals surface area (Å²) in [6.45, 7) is 4.23. The van der Waals surface area contributed by atoms with Gasteiger partial charge in [0, 0.05) is 6.04 Å². The maximum absolute atomic E-state index is 5.76. The molecular formula is C13H17NO. The fraction of sp³-hybridized carbons (Fsp3) is 0.385. The van der Waals surface area contributed by atoms with Gasteiger partial charge < -0.3 is 10.5 Å². The molecule has 0 radical (unpaired) electrons.